The molecule has 0 aliphatic carbocycles. The van der Waals surface area contributed by atoms with Gasteiger partial charge in [0.2, 0.25) is 0 Å². The lowest BCUT2D eigenvalue weighted by atomic mass is 10.1. The van der Waals surface area contributed by atoms with E-state index in [0.717, 1.165) is 28.1 Å². The first kappa shape index (κ1) is 19.9. The fourth-order valence-electron chi connectivity index (χ4n) is 2.55. The summed E-state index contributed by atoms with van der Waals surface area (Å²) in [6, 6.07) is 14.1. The number of benzene rings is 2. The second-order valence-electron chi connectivity index (χ2n) is 5.87. The molecule has 0 saturated carbocycles. The lowest BCUT2D eigenvalue weighted by molar-refractivity contribution is -0.280. The average Bonchev–Trinajstić information content (AvgIpc) is 2.64. The molecule has 0 heterocycles. The second-order valence-corrected chi connectivity index (χ2v) is 5.87. The lowest BCUT2D eigenvalue weighted by Gasteiger charge is -2.24. The van der Waals surface area contributed by atoms with Crippen LogP contribution in [0, 0.1) is 13.8 Å². The second kappa shape index (κ2) is 9.91. The Bertz CT molecular complexity index is 729. The molecule has 0 N–H and O–H groups in total. The van der Waals surface area contributed by atoms with E-state index in [1.807, 2.05) is 44.2 Å². The summed E-state index contributed by atoms with van der Waals surface area (Å²) in [6.45, 7) is 6.43. The number of hydroxylamine groups is 1. The number of para-hydroxylation sites is 1. The molecule has 0 fully saturated rings. The molecule has 0 aliphatic rings. The van der Waals surface area contributed by atoms with Crippen LogP contribution in [-0.2, 0) is 26.1 Å². The maximum absolute atomic E-state index is 5.59. The third kappa shape index (κ3) is 5.29. The van der Waals surface area contributed by atoms with Gasteiger partial charge < -0.3 is 4.84 Å². The number of rotatable bonds is 9. The summed E-state index contributed by atoms with van der Waals surface area (Å²) in [5.41, 5.74) is 5.91. The number of nitrogens with zero attached hydrogens (tertiary/aromatic N) is 2. The van der Waals surface area contributed by atoms with Crippen LogP contribution in [0.4, 0.5) is 5.69 Å². The van der Waals surface area contributed by atoms with Gasteiger partial charge in [0.25, 0.3) is 0 Å². The Kier molecular flexibility index (Phi) is 7.59. The summed E-state index contributed by atoms with van der Waals surface area (Å²) in [5.74, 6) is 0. The smallest absolute Gasteiger partial charge is 0.178 e. The van der Waals surface area contributed by atoms with Gasteiger partial charge in [0.05, 0.1) is 25.6 Å². The van der Waals surface area contributed by atoms with Crippen LogP contribution in [0.2, 0.25) is 0 Å². The van der Waals surface area contributed by atoms with Crippen LogP contribution in [0.5, 0.6) is 0 Å². The topological polar surface area (TPSA) is 52.5 Å². The standard InChI is InChI=1S/C20H26N2O4/c1-15-9-11-18(12-10-15)17(3)21-25-13-19-8-6-7-16(2)20(19)22(23-4)14-26-24-5/h6-12H,13-14H2,1-5H3. The number of hydrogen-bond acceptors (Lipinski definition) is 6. The van der Waals surface area contributed by atoms with Crippen LogP contribution < -0.4 is 5.06 Å². The summed E-state index contributed by atoms with van der Waals surface area (Å²) in [4.78, 5) is 20.7. The van der Waals surface area contributed by atoms with E-state index in [4.69, 9.17) is 14.6 Å². The molecule has 0 bridgehead atoms. The van der Waals surface area contributed by atoms with E-state index in [1.165, 1.54) is 12.7 Å². The Morgan fingerprint density at radius 2 is 1.77 bits per heavy atom. The normalized spacial score (nSPS) is 11.5. The first-order valence-electron chi connectivity index (χ1n) is 8.36. The quantitative estimate of drug-likeness (QED) is 0.292. The molecule has 0 spiro atoms. The van der Waals surface area contributed by atoms with Crippen molar-refractivity contribution in [3.8, 4) is 0 Å². The molecule has 0 aromatic heterocycles. The zero-order valence-electron chi connectivity index (χ0n) is 16.0. The van der Waals surface area contributed by atoms with Crippen LogP contribution in [-0.4, -0.2) is 26.7 Å². The van der Waals surface area contributed by atoms with Gasteiger partial charge in [-0.25, -0.2) is 14.8 Å². The van der Waals surface area contributed by atoms with Gasteiger partial charge in [-0.3, -0.25) is 4.84 Å². The van der Waals surface area contributed by atoms with Gasteiger partial charge in [0.1, 0.15) is 6.61 Å². The zero-order valence-corrected chi connectivity index (χ0v) is 16.0. The molecule has 0 amide bonds. The fraction of sp³-hybridized carbons (Fsp3) is 0.350. The summed E-state index contributed by atoms with van der Waals surface area (Å²) in [5, 5.41) is 5.84. The van der Waals surface area contributed by atoms with Crippen molar-refractivity contribution in [3.63, 3.8) is 0 Å². The highest BCUT2D eigenvalue weighted by atomic mass is 17.2. The lowest BCUT2D eigenvalue weighted by Crippen LogP contribution is -2.26. The van der Waals surface area contributed by atoms with E-state index in [9.17, 15) is 0 Å². The van der Waals surface area contributed by atoms with E-state index in [2.05, 4.69) is 29.1 Å². The molecule has 0 aliphatic heterocycles. The van der Waals surface area contributed by atoms with Crippen molar-refractivity contribution in [2.45, 2.75) is 27.4 Å². The first-order valence-corrected chi connectivity index (χ1v) is 8.36. The highest BCUT2D eigenvalue weighted by Gasteiger charge is 2.15. The Balaban J connectivity index is 2.12. The molecular formula is C20H26N2O4. The molecule has 6 heteroatoms. The highest BCUT2D eigenvalue weighted by molar-refractivity contribution is 5.98. The summed E-state index contributed by atoms with van der Waals surface area (Å²) in [6.07, 6.45) is 0. The van der Waals surface area contributed by atoms with E-state index in [0.29, 0.717) is 6.61 Å². The molecule has 2 aromatic rings. The van der Waals surface area contributed by atoms with Crippen molar-refractivity contribution >= 4 is 11.4 Å². The van der Waals surface area contributed by atoms with Crippen molar-refractivity contribution in [1.29, 1.82) is 0 Å². The minimum absolute atomic E-state index is 0.135. The maximum atomic E-state index is 5.59. The van der Waals surface area contributed by atoms with Gasteiger partial charge in [0.15, 0.2) is 6.73 Å². The molecule has 2 rings (SSSR count). The van der Waals surface area contributed by atoms with Gasteiger partial charge in [-0.05, 0) is 31.9 Å². The van der Waals surface area contributed by atoms with Crippen LogP contribution in [0.1, 0.15) is 29.2 Å². The predicted molar refractivity (Wildman–Crippen MR) is 102 cm³/mol. The van der Waals surface area contributed by atoms with Crippen molar-refractivity contribution in [1.82, 2.24) is 0 Å². The van der Waals surface area contributed by atoms with Gasteiger partial charge in [-0.15, -0.1) is 0 Å². The third-order valence-corrected chi connectivity index (χ3v) is 3.97. The number of anilines is 1. The number of oxime groups is 1. The van der Waals surface area contributed by atoms with Gasteiger partial charge in [0, 0.05) is 5.56 Å². The first-order chi connectivity index (χ1) is 12.6. The molecule has 0 saturated heterocycles. The monoisotopic (exact) mass is 358 g/mol. The predicted octanol–water partition coefficient (Wildman–Crippen LogP) is 4.15. The van der Waals surface area contributed by atoms with Crippen molar-refractivity contribution in [2.24, 2.45) is 5.16 Å². The Morgan fingerprint density at radius 1 is 1.04 bits per heavy atom. The molecule has 0 unspecified atom stereocenters. The molecule has 6 nitrogen and oxygen atoms in total. The third-order valence-electron chi connectivity index (χ3n) is 3.97. The van der Waals surface area contributed by atoms with Crippen LogP contribution in [0.3, 0.4) is 0 Å². The summed E-state index contributed by atoms with van der Waals surface area (Å²) < 4.78 is 0. The largest absolute Gasteiger partial charge is 0.391 e. The Labute approximate surface area is 154 Å². The molecule has 0 atom stereocenters. The zero-order chi connectivity index (χ0) is 18.9. The average molecular weight is 358 g/mol. The summed E-state index contributed by atoms with van der Waals surface area (Å²) in [7, 11) is 3.04. The van der Waals surface area contributed by atoms with E-state index in [1.54, 1.807) is 12.2 Å². The van der Waals surface area contributed by atoms with Gasteiger partial charge >= 0.3 is 0 Å². The van der Waals surface area contributed by atoms with Crippen molar-refractivity contribution in [3.05, 3.63) is 64.7 Å². The van der Waals surface area contributed by atoms with Crippen LogP contribution >= 0.6 is 0 Å². The number of aryl methyl sites for hydroxylation is 2. The molecule has 26 heavy (non-hydrogen) atoms. The maximum Gasteiger partial charge on any atom is 0.178 e. The Morgan fingerprint density at radius 3 is 2.42 bits per heavy atom. The number of hydrogen-bond donors (Lipinski definition) is 0. The molecular weight excluding hydrogens is 332 g/mol. The van der Waals surface area contributed by atoms with Crippen molar-refractivity contribution in [2.75, 3.05) is 26.0 Å². The van der Waals surface area contributed by atoms with Gasteiger partial charge in [-0.2, -0.15) is 0 Å². The molecule has 140 valence electrons. The van der Waals surface area contributed by atoms with E-state index < -0.39 is 0 Å². The Hall–Kier alpha value is -2.41. The van der Waals surface area contributed by atoms with E-state index >= 15 is 0 Å². The highest BCUT2D eigenvalue weighted by Crippen LogP contribution is 2.26. The SMILES string of the molecule is COOCN(OC)c1c(C)cccc1CON=C(C)c1ccc(C)cc1. The van der Waals surface area contributed by atoms with Crippen LogP contribution in [0.15, 0.2) is 47.6 Å². The molecule has 2 aromatic carbocycles. The summed E-state index contributed by atoms with van der Waals surface area (Å²) >= 11 is 0. The molecule has 0 radical (unpaired) electrons. The van der Waals surface area contributed by atoms with Crippen molar-refractivity contribution < 1.29 is 19.5 Å². The van der Waals surface area contributed by atoms with Gasteiger partial charge in [-0.1, -0.05) is 53.2 Å². The fourth-order valence-corrected chi connectivity index (χ4v) is 2.55. The minimum Gasteiger partial charge on any atom is -0.391 e. The minimum atomic E-state index is 0.135. The van der Waals surface area contributed by atoms with E-state index in [-0.39, 0.29) is 6.73 Å². The van der Waals surface area contributed by atoms with Crippen LogP contribution in [0.25, 0.3) is 0 Å².